The quantitative estimate of drug-likeness (QED) is 0.820. The fourth-order valence-corrected chi connectivity index (χ4v) is 4.36. The number of carbonyl (C=O) groups excluding carboxylic acids is 2. The molecule has 2 atom stereocenters. The summed E-state index contributed by atoms with van der Waals surface area (Å²) in [7, 11) is 0. The van der Waals surface area contributed by atoms with Crippen LogP contribution in [0.4, 0.5) is 0 Å². The van der Waals surface area contributed by atoms with E-state index in [-0.39, 0.29) is 42.7 Å². The Morgan fingerprint density at radius 2 is 2.04 bits per heavy atom. The molecule has 8 heteroatoms. The second-order valence-electron chi connectivity index (χ2n) is 7.19. The molecule has 28 heavy (non-hydrogen) atoms. The van der Waals surface area contributed by atoms with Gasteiger partial charge in [-0.05, 0) is 43.0 Å². The molecule has 2 aromatic rings. The second kappa shape index (κ2) is 9.54. The molecular weight excluding hydrogens is 399 g/mol. The lowest BCUT2D eigenvalue weighted by atomic mass is 9.83. The minimum Gasteiger partial charge on any atom is -0.338 e. The van der Waals surface area contributed by atoms with Crippen molar-refractivity contribution in [1.82, 2.24) is 14.8 Å². The molecule has 2 amide bonds. The standard InChI is InChI=1S/C20H24N4O2.2ClH/c21-8-11-24-18-7-10-23(13-16(18)4-6-19(24)25)20(26)15-3-5-17-14(12-15)2-1-9-22-17;;/h1-3,5,9,12,16,18H,4,6-8,10-11,13,21H2;2*1H/t16-,18+;;/m0../s1. The first-order chi connectivity index (χ1) is 12.7. The Morgan fingerprint density at radius 3 is 2.82 bits per heavy atom. The van der Waals surface area contributed by atoms with E-state index < -0.39 is 0 Å². The fourth-order valence-electron chi connectivity index (χ4n) is 4.36. The highest BCUT2D eigenvalue weighted by Crippen LogP contribution is 2.31. The normalized spacial score (nSPS) is 21.5. The van der Waals surface area contributed by atoms with Crippen LogP contribution < -0.4 is 5.73 Å². The van der Waals surface area contributed by atoms with E-state index in [0.717, 1.165) is 23.7 Å². The van der Waals surface area contributed by atoms with Crippen molar-refractivity contribution < 1.29 is 9.59 Å². The van der Waals surface area contributed by atoms with Crippen LogP contribution in [-0.4, -0.2) is 58.8 Å². The number of nitrogens with two attached hydrogens (primary N) is 1. The van der Waals surface area contributed by atoms with Crippen molar-refractivity contribution in [1.29, 1.82) is 0 Å². The van der Waals surface area contributed by atoms with Gasteiger partial charge in [0.15, 0.2) is 0 Å². The molecule has 0 radical (unpaired) electrons. The van der Waals surface area contributed by atoms with Gasteiger partial charge >= 0.3 is 0 Å². The molecule has 2 N–H and O–H groups in total. The highest BCUT2D eigenvalue weighted by molar-refractivity contribution is 5.98. The number of piperidine rings is 2. The summed E-state index contributed by atoms with van der Waals surface area (Å²) in [6.07, 6.45) is 4.00. The van der Waals surface area contributed by atoms with Gasteiger partial charge in [-0.25, -0.2) is 0 Å². The maximum absolute atomic E-state index is 13.0. The minimum absolute atomic E-state index is 0. The van der Waals surface area contributed by atoms with Gasteiger partial charge < -0.3 is 15.5 Å². The number of rotatable bonds is 3. The molecule has 2 aliphatic rings. The molecule has 152 valence electrons. The molecule has 2 aliphatic heterocycles. The maximum atomic E-state index is 13.0. The monoisotopic (exact) mass is 424 g/mol. The lowest BCUT2D eigenvalue weighted by molar-refractivity contribution is -0.140. The molecule has 1 aromatic carbocycles. The van der Waals surface area contributed by atoms with Crippen molar-refractivity contribution in [2.75, 3.05) is 26.2 Å². The molecule has 0 unspecified atom stereocenters. The van der Waals surface area contributed by atoms with E-state index in [9.17, 15) is 9.59 Å². The van der Waals surface area contributed by atoms with Crippen LogP contribution in [0.2, 0.25) is 0 Å². The Kier molecular flexibility index (Phi) is 7.63. The minimum atomic E-state index is 0. The zero-order valence-corrected chi connectivity index (χ0v) is 17.3. The van der Waals surface area contributed by atoms with E-state index in [4.69, 9.17) is 5.73 Å². The van der Waals surface area contributed by atoms with Crippen molar-refractivity contribution in [3.05, 3.63) is 42.1 Å². The number of hydrogen-bond acceptors (Lipinski definition) is 4. The number of fused-ring (bicyclic) bond motifs is 2. The maximum Gasteiger partial charge on any atom is 0.253 e. The van der Waals surface area contributed by atoms with E-state index in [1.165, 1.54) is 0 Å². The number of amides is 2. The summed E-state index contributed by atoms with van der Waals surface area (Å²) in [6.45, 7) is 2.50. The van der Waals surface area contributed by atoms with Crippen LogP contribution in [0.5, 0.6) is 0 Å². The number of likely N-dealkylation sites (tertiary alicyclic amines) is 2. The molecule has 2 saturated heterocycles. The zero-order chi connectivity index (χ0) is 18.1. The predicted molar refractivity (Wildman–Crippen MR) is 114 cm³/mol. The van der Waals surface area contributed by atoms with E-state index in [1.54, 1.807) is 6.20 Å². The number of hydrogen-bond donors (Lipinski definition) is 1. The van der Waals surface area contributed by atoms with E-state index in [2.05, 4.69) is 4.98 Å². The first-order valence-electron chi connectivity index (χ1n) is 9.31. The molecule has 1 aromatic heterocycles. The third kappa shape index (κ3) is 4.24. The number of aromatic nitrogens is 1. The molecule has 0 saturated carbocycles. The molecular formula is C20H26Cl2N4O2. The van der Waals surface area contributed by atoms with Crippen molar-refractivity contribution in [2.45, 2.75) is 25.3 Å². The van der Waals surface area contributed by atoms with Gasteiger partial charge in [-0.2, -0.15) is 0 Å². The van der Waals surface area contributed by atoms with E-state index in [0.29, 0.717) is 44.1 Å². The Hall–Kier alpha value is -1.89. The zero-order valence-electron chi connectivity index (χ0n) is 15.6. The summed E-state index contributed by atoms with van der Waals surface area (Å²) in [4.78, 5) is 33.4. The van der Waals surface area contributed by atoms with Crippen molar-refractivity contribution in [2.24, 2.45) is 11.7 Å². The summed E-state index contributed by atoms with van der Waals surface area (Å²) >= 11 is 0. The molecule has 0 aliphatic carbocycles. The Morgan fingerprint density at radius 1 is 1.21 bits per heavy atom. The number of carbonyl (C=O) groups is 2. The summed E-state index contributed by atoms with van der Waals surface area (Å²) in [5.41, 5.74) is 7.27. The van der Waals surface area contributed by atoms with Crippen molar-refractivity contribution >= 4 is 47.5 Å². The number of halogens is 2. The topological polar surface area (TPSA) is 79.5 Å². The summed E-state index contributed by atoms with van der Waals surface area (Å²) < 4.78 is 0. The van der Waals surface area contributed by atoms with Gasteiger partial charge in [-0.15, -0.1) is 24.8 Å². The smallest absolute Gasteiger partial charge is 0.253 e. The lowest BCUT2D eigenvalue weighted by Crippen LogP contribution is -2.57. The average Bonchev–Trinajstić information content (AvgIpc) is 2.69. The van der Waals surface area contributed by atoms with Gasteiger partial charge in [0.2, 0.25) is 5.91 Å². The van der Waals surface area contributed by atoms with Crippen molar-refractivity contribution in [3.8, 4) is 0 Å². The summed E-state index contributed by atoms with van der Waals surface area (Å²) in [6, 6.07) is 9.76. The molecule has 0 spiro atoms. The van der Waals surface area contributed by atoms with E-state index in [1.807, 2.05) is 40.1 Å². The third-order valence-electron chi connectivity index (χ3n) is 5.65. The Labute approximate surface area is 177 Å². The average molecular weight is 425 g/mol. The predicted octanol–water partition coefficient (Wildman–Crippen LogP) is 2.49. The van der Waals surface area contributed by atoms with Gasteiger partial charge in [0.05, 0.1) is 5.52 Å². The third-order valence-corrected chi connectivity index (χ3v) is 5.65. The lowest BCUT2D eigenvalue weighted by Gasteiger charge is -2.47. The SMILES string of the molecule is Cl.Cl.NCCN1C(=O)CC[C@H]2CN(C(=O)c3ccc4ncccc4c3)CC[C@H]21. The van der Waals surface area contributed by atoms with Crippen LogP contribution in [0.1, 0.15) is 29.6 Å². The molecule has 2 fully saturated rings. The van der Waals surface area contributed by atoms with Gasteiger partial charge in [-0.1, -0.05) is 6.07 Å². The highest BCUT2D eigenvalue weighted by atomic mass is 35.5. The first-order valence-corrected chi connectivity index (χ1v) is 9.31. The van der Waals surface area contributed by atoms with Gasteiger partial charge in [0.1, 0.15) is 0 Å². The number of benzene rings is 1. The van der Waals surface area contributed by atoms with Crippen LogP contribution >= 0.6 is 24.8 Å². The first kappa shape index (κ1) is 22.4. The van der Waals surface area contributed by atoms with Gasteiger partial charge in [-0.3, -0.25) is 14.6 Å². The Bertz CT molecular complexity index is 848. The molecule has 6 nitrogen and oxygen atoms in total. The number of nitrogens with zero attached hydrogens (tertiary/aromatic N) is 3. The molecule has 3 heterocycles. The Balaban J connectivity index is 0.00000140. The second-order valence-corrected chi connectivity index (χ2v) is 7.19. The van der Waals surface area contributed by atoms with Crippen LogP contribution in [0.25, 0.3) is 10.9 Å². The van der Waals surface area contributed by atoms with Gasteiger partial charge in [0.25, 0.3) is 5.91 Å². The molecule has 4 rings (SSSR count). The van der Waals surface area contributed by atoms with Crippen LogP contribution in [0.15, 0.2) is 36.5 Å². The van der Waals surface area contributed by atoms with E-state index >= 15 is 0 Å². The highest BCUT2D eigenvalue weighted by Gasteiger charge is 2.40. The van der Waals surface area contributed by atoms with Crippen LogP contribution in [0, 0.1) is 5.92 Å². The largest absolute Gasteiger partial charge is 0.338 e. The van der Waals surface area contributed by atoms with Crippen LogP contribution in [0.3, 0.4) is 0 Å². The summed E-state index contributed by atoms with van der Waals surface area (Å²) in [5, 5.41) is 0.977. The number of pyridine rings is 1. The van der Waals surface area contributed by atoms with Crippen molar-refractivity contribution in [3.63, 3.8) is 0 Å². The molecule has 0 bridgehead atoms. The fraction of sp³-hybridized carbons (Fsp3) is 0.450. The summed E-state index contributed by atoms with van der Waals surface area (Å²) in [5.74, 6) is 0.619. The van der Waals surface area contributed by atoms with Gasteiger partial charge in [0, 0.05) is 55.8 Å². The van der Waals surface area contributed by atoms with Crippen LogP contribution in [-0.2, 0) is 4.79 Å².